The number of nitrogens with one attached hydrogen (secondary N) is 1. The molecule has 4 heteroatoms. The van der Waals surface area contributed by atoms with Crippen LogP contribution in [0.2, 0.25) is 0 Å². The van der Waals surface area contributed by atoms with Crippen LogP contribution < -0.4 is 11.3 Å². The van der Waals surface area contributed by atoms with E-state index >= 15 is 0 Å². The maximum Gasteiger partial charge on any atom is 0.0632 e. The SMILES string of the molecule is Br.CC1(C)C[C@@H](c2ccc(NN)cc2)CCO1. The van der Waals surface area contributed by atoms with Gasteiger partial charge in [0.25, 0.3) is 0 Å². The Labute approximate surface area is 113 Å². The number of hydrogen-bond acceptors (Lipinski definition) is 3. The summed E-state index contributed by atoms with van der Waals surface area (Å²) in [5, 5.41) is 0. The fourth-order valence-corrected chi connectivity index (χ4v) is 2.37. The molecule has 0 aliphatic carbocycles. The summed E-state index contributed by atoms with van der Waals surface area (Å²) in [5.74, 6) is 5.96. The summed E-state index contributed by atoms with van der Waals surface area (Å²) in [6, 6.07) is 8.36. The molecule has 0 aromatic heterocycles. The highest BCUT2D eigenvalue weighted by atomic mass is 79.9. The maximum absolute atomic E-state index is 5.73. The third-order valence-electron chi connectivity index (χ3n) is 3.25. The summed E-state index contributed by atoms with van der Waals surface area (Å²) in [6.45, 7) is 5.18. The number of benzene rings is 1. The van der Waals surface area contributed by atoms with Gasteiger partial charge in [0, 0.05) is 12.3 Å². The Morgan fingerprint density at radius 3 is 2.47 bits per heavy atom. The first kappa shape index (κ1) is 14.5. The molecule has 1 aromatic rings. The number of nitrogens with two attached hydrogens (primary N) is 1. The second kappa shape index (κ2) is 5.85. The lowest BCUT2D eigenvalue weighted by molar-refractivity contribution is -0.0592. The highest BCUT2D eigenvalue weighted by Crippen LogP contribution is 2.35. The van der Waals surface area contributed by atoms with Gasteiger partial charge in [-0.15, -0.1) is 17.0 Å². The molecule has 2 rings (SSSR count). The third-order valence-corrected chi connectivity index (χ3v) is 3.25. The normalized spacial score (nSPS) is 22.6. The van der Waals surface area contributed by atoms with Gasteiger partial charge in [0.05, 0.1) is 5.60 Å². The topological polar surface area (TPSA) is 47.3 Å². The number of rotatable bonds is 2. The van der Waals surface area contributed by atoms with Crippen LogP contribution in [0.15, 0.2) is 24.3 Å². The average molecular weight is 301 g/mol. The summed E-state index contributed by atoms with van der Waals surface area (Å²) in [6.07, 6.45) is 2.20. The Kier molecular flexibility index (Phi) is 4.98. The van der Waals surface area contributed by atoms with Crippen molar-refractivity contribution < 1.29 is 4.74 Å². The van der Waals surface area contributed by atoms with E-state index in [0.29, 0.717) is 5.92 Å². The highest BCUT2D eigenvalue weighted by molar-refractivity contribution is 8.93. The van der Waals surface area contributed by atoms with Crippen LogP contribution in [0.1, 0.15) is 38.2 Å². The molecule has 3 nitrogen and oxygen atoms in total. The molecule has 0 unspecified atom stereocenters. The van der Waals surface area contributed by atoms with Crippen LogP contribution in [-0.4, -0.2) is 12.2 Å². The van der Waals surface area contributed by atoms with Crippen molar-refractivity contribution in [3.8, 4) is 0 Å². The number of hydrogen-bond donors (Lipinski definition) is 2. The molecular weight excluding hydrogens is 280 g/mol. The number of hydrazine groups is 1. The van der Waals surface area contributed by atoms with Gasteiger partial charge in [0.2, 0.25) is 0 Å². The molecule has 1 aliphatic heterocycles. The van der Waals surface area contributed by atoms with E-state index in [9.17, 15) is 0 Å². The molecule has 1 aliphatic rings. The van der Waals surface area contributed by atoms with Crippen molar-refractivity contribution in [2.75, 3.05) is 12.0 Å². The summed E-state index contributed by atoms with van der Waals surface area (Å²) >= 11 is 0. The zero-order chi connectivity index (χ0) is 11.6. The van der Waals surface area contributed by atoms with Gasteiger partial charge in [-0.3, -0.25) is 5.84 Å². The largest absolute Gasteiger partial charge is 0.376 e. The summed E-state index contributed by atoms with van der Waals surface area (Å²) < 4.78 is 5.73. The second-order valence-corrected chi connectivity index (χ2v) is 5.06. The standard InChI is InChI=1S/C13H20N2O.BrH/c1-13(2)9-11(7-8-16-13)10-3-5-12(15-14)6-4-10;/h3-6,11,15H,7-9,14H2,1-2H3;1H/t11-;/m0./s1. The minimum absolute atomic E-state index is 0. The van der Waals surface area contributed by atoms with E-state index < -0.39 is 0 Å². The van der Waals surface area contributed by atoms with E-state index in [1.165, 1.54) is 5.56 Å². The predicted octanol–water partition coefficient (Wildman–Crippen LogP) is 3.22. The molecule has 1 heterocycles. The Hall–Kier alpha value is -0.580. The monoisotopic (exact) mass is 300 g/mol. The zero-order valence-corrected chi connectivity index (χ0v) is 12.1. The van der Waals surface area contributed by atoms with E-state index in [1.807, 2.05) is 12.1 Å². The molecule has 0 amide bonds. The minimum atomic E-state index is 0. The summed E-state index contributed by atoms with van der Waals surface area (Å²) in [7, 11) is 0. The van der Waals surface area contributed by atoms with Crippen molar-refractivity contribution in [1.29, 1.82) is 0 Å². The van der Waals surface area contributed by atoms with Gasteiger partial charge in [0.15, 0.2) is 0 Å². The van der Waals surface area contributed by atoms with Gasteiger partial charge in [-0.05, 0) is 50.3 Å². The molecule has 0 bridgehead atoms. The Morgan fingerprint density at radius 1 is 1.29 bits per heavy atom. The molecule has 1 saturated heterocycles. The molecule has 0 spiro atoms. The van der Waals surface area contributed by atoms with Gasteiger partial charge in [0.1, 0.15) is 0 Å². The van der Waals surface area contributed by atoms with Gasteiger partial charge < -0.3 is 10.2 Å². The van der Waals surface area contributed by atoms with Crippen molar-refractivity contribution in [1.82, 2.24) is 0 Å². The van der Waals surface area contributed by atoms with Crippen molar-refractivity contribution in [3.05, 3.63) is 29.8 Å². The van der Waals surface area contributed by atoms with Crippen molar-refractivity contribution >= 4 is 22.7 Å². The molecular formula is C13H21BrN2O. The smallest absolute Gasteiger partial charge is 0.0632 e. The first-order valence-electron chi connectivity index (χ1n) is 5.81. The van der Waals surface area contributed by atoms with Crippen molar-refractivity contribution in [2.45, 2.75) is 38.2 Å². The van der Waals surface area contributed by atoms with Crippen LogP contribution in [-0.2, 0) is 4.74 Å². The predicted molar refractivity (Wildman–Crippen MR) is 76.6 cm³/mol. The average Bonchev–Trinajstić information content (AvgIpc) is 2.28. The molecule has 0 radical (unpaired) electrons. The Bertz CT molecular complexity index is 351. The van der Waals surface area contributed by atoms with Gasteiger partial charge in [-0.1, -0.05) is 12.1 Å². The lowest BCUT2D eigenvalue weighted by Gasteiger charge is -2.35. The fourth-order valence-electron chi connectivity index (χ4n) is 2.37. The van der Waals surface area contributed by atoms with Gasteiger partial charge in [-0.2, -0.15) is 0 Å². The highest BCUT2D eigenvalue weighted by Gasteiger charge is 2.29. The molecule has 1 aromatic carbocycles. The quantitative estimate of drug-likeness (QED) is 0.651. The Morgan fingerprint density at radius 2 is 1.94 bits per heavy atom. The van der Waals surface area contributed by atoms with Gasteiger partial charge in [-0.25, -0.2) is 0 Å². The van der Waals surface area contributed by atoms with Crippen LogP contribution in [0.4, 0.5) is 5.69 Å². The van der Waals surface area contributed by atoms with Crippen LogP contribution in [0.25, 0.3) is 0 Å². The minimum Gasteiger partial charge on any atom is -0.376 e. The number of anilines is 1. The first-order valence-corrected chi connectivity index (χ1v) is 5.81. The van der Waals surface area contributed by atoms with E-state index in [0.717, 1.165) is 25.1 Å². The van der Waals surface area contributed by atoms with Crippen LogP contribution in [0.3, 0.4) is 0 Å². The molecule has 1 fully saturated rings. The maximum atomic E-state index is 5.73. The number of nitrogen functional groups attached to an aromatic ring is 1. The third kappa shape index (κ3) is 3.69. The first-order chi connectivity index (χ1) is 7.61. The summed E-state index contributed by atoms with van der Waals surface area (Å²) in [4.78, 5) is 0. The zero-order valence-electron chi connectivity index (χ0n) is 10.4. The lowest BCUT2D eigenvalue weighted by Crippen LogP contribution is -2.32. The number of halogens is 1. The Balaban J connectivity index is 0.00000144. The van der Waals surface area contributed by atoms with Crippen LogP contribution >= 0.6 is 17.0 Å². The molecule has 17 heavy (non-hydrogen) atoms. The van der Waals surface area contributed by atoms with Crippen molar-refractivity contribution in [3.63, 3.8) is 0 Å². The summed E-state index contributed by atoms with van der Waals surface area (Å²) in [5.41, 5.74) is 4.99. The van der Waals surface area contributed by atoms with E-state index in [2.05, 4.69) is 31.4 Å². The van der Waals surface area contributed by atoms with E-state index in [-0.39, 0.29) is 22.6 Å². The van der Waals surface area contributed by atoms with E-state index in [4.69, 9.17) is 10.6 Å². The van der Waals surface area contributed by atoms with Crippen LogP contribution in [0.5, 0.6) is 0 Å². The molecule has 3 N–H and O–H groups in total. The van der Waals surface area contributed by atoms with Crippen molar-refractivity contribution in [2.24, 2.45) is 5.84 Å². The molecule has 0 saturated carbocycles. The number of ether oxygens (including phenoxy) is 1. The molecule has 96 valence electrons. The second-order valence-electron chi connectivity index (χ2n) is 5.06. The van der Waals surface area contributed by atoms with Gasteiger partial charge >= 0.3 is 0 Å². The fraction of sp³-hybridized carbons (Fsp3) is 0.538. The van der Waals surface area contributed by atoms with Crippen LogP contribution in [0, 0.1) is 0 Å². The van der Waals surface area contributed by atoms with E-state index in [1.54, 1.807) is 0 Å². The lowest BCUT2D eigenvalue weighted by atomic mass is 9.83. The molecule has 1 atom stereocenters.